The Morgan fingerprint density at radius 3 is 2.73 bits per heavy atom. The molecule has 0 unspecified atom stereocenters. The number of aliphatic carboxylic acids is 1. The Kier molecular flexibility index (Phi) is 9.37. The van der Waals surface area contributed by atoms with Crippen LogP contribution < -0.4 is 15.4 Å². The van der Waals surface area contributed by atoms with E-state index in [4.69, 9.17) is 9.47 Å². The maximum absolute atomic E-state index is 14.3. The lowest BCUT2D eigenvalue weighted by Gasteiger charge is -2.30. The number of allylic oxidation sites excluding steroid dienone is 1. The molecule has 48 heavy (non-hydrogen) atoms. The monoisotopic (exact) mass is 676 g/mol. The summed E-state index contributed by atoms with van der Waals surface area (Å²) in [5.41, 5.74) is -0.987. The van der Waals surface area contributed by atoms with Crippen LogP contribution in [0.1, 0.15) is 65.7 Å². The second-order valence-electron chi connectivity index (χ2n) is 13.5. The van der Waals surface area contributed by atoms with Gasteiger partial charge in [-0.25, -0.2) is 14.6 Å². The second-order valence-corrected chi connectivity index (χ2v) is 14.4. The Labute approximate surface area is 282 Å². The number of hydrogen-bond acceptors (Lipinski definition) is 10. The molecule has 5 heterocycles. The molecule has 14 heteroatoms. The average Bonchev–Trinajstić information content (AvgIpc) is 3.33. The molecular formula is C34H40N6O7S. The fraction of sp³-hybridized carbons (Fsp3) is 0.500. The Balaban J connectivity index is 1.31. The third kappa shape index (κ3) is 7.28. The average molecular weight is 677 g/mol. The van der Waals surface area contributed by atoms with E-state index in [0.29, 0.717) is 40.5 Å². The number of fused-ring (bicyclic) bond motifs is 3. The minimum atomic E-state index is -1.44. The third-order valence-electron chi connectivity index (χ3n) is 8.76. The van der Waals surface area contributed by atoms with E-state index >= 15 is 0 Å². The standard InChI is InChI=1S/C34H40N6O7S/c1-33(2,3)47-32(45)37-24-13-8-6-4-5-7-11-20-18-34(20,31(43)44)39-28(41)25-17-21(19-40(25)30(24)42)46-29-26-22(14-16-48-26)36-27(38-29)23-12-9-10-15-35-23/h7,9-12,14-16,20-21,24-25H,4-6,8,13,17-19H2,1-3H3,(H,37,45)(H,39,41)(H,43,44)/b11-7-/t20-,21-,24+,25+,34-/m1/s1. The van der Waals surface area contributed by atoms with Gasteiger partial charge in [0.25, 0.3) is 0 Å². The van der Waals surface area contributed by atoms with Gasteiger partial charge in [0.15, 0.2) is 5.82 Å². The minimum Gasteiger partial charge on any atom is -0.479 e. The zero-order valence-corrected chi connectivity index (χ0v) is 28.0. The van der Waals surface area contributed by atoms with Crippen LogP contribution in [0.2, 0.25) is 0 Å². The van der Waals surface area contributed by atoms with E-state index < -0.39 is 53.2 Å². The number of ether oxygens (including phenoxy) is 2. The van der Waals surface area contributed by atoms with Gasteiger partial charge in [0.2, 0.25) is 17.7 Å². The van der Waals surface area contributed by atoms with Crippen molar-refractivity contribution in [2.75, 3.05) is 6.54 Å². The van der Waals surface area contributed by atoms with Crippen molar-refractivity contribution in [3.8, 4) is 17.4 Å². The molecule has 1 saturated carbocycles. The van der Waals surface area contributed by atoms with Crippen LogP contribution in [-0.4, -0.2) is 84.7 Å². The highest BCUT2D eigenvalue weighted by atomic mass is 32.1. The highest BCUT2D eigenvalue weighted by Crippen LogP contribution is 2.45. The number of carboxylic acids is 1. The molecule has 2 fully saturated rings. The molecule has 3 aromatic rings. The predicted molar refractivity (Wildman–Crippen MR) is 177 cm³/mol. The van der Waals surface area contributed by atoms with Crippen molar-refractivity contribution in [2.24, 2.45) is 5.92 Å². The van der Waals surface area contributed by atoms with Crippen molar-refractivity contribution in [2.45, 2.75) is 95.0 Å². The molecule has 5 atom stereocenters. The number of thiophene rings is 1. The van der Waals surface area contributed by atoms with Gasteiger partial charge in [0.05, 0.1) is 12.1 Å². The zero-order chi connectivity index (χ0) is 34.1. The second kappa shape index (κ2) is 13.5. The van der Waals surface area contributed by atoms with Crippen molar-refractivity contribution in [1.82, 2.24) is 30.5 Å². The van der Waals surface area contributed by atoms with Crippen LogP contribution in [0.15, 0.2) is 48.0 Å². The molecular weight excluding hydrogens is 636 g/mol. The third-order valence-corrected chi connectivity index (χ3v) is 9.65. The lowest BCUT2D eigenvalue weighted by atomic mass is 10.0. The number of hydrogen-bond donors (Lipinski definition) is 3. The van der Waals surface area contributed by atoms with E-state index in [1.54, 1.807) is 39.1 Å². The number of carbonyl (C=O) groups excluding carboxylic acids is 3. The molecule has 254 valence electrons. The van der Waals surface area contributed by atoms with E-state index in [2.05, 4.69) is 25.6 Å². The fourth-order valence-corrected chi connectivity index (χ4v) is 7.04. The summed E-state index contributed by atoms with van der Waals surface area (Å²) >= 11 is 1.41. The van der Waals surface area contributed by atoms with Gasteiger partial charge in [-0.1, -0.05) is 31.1 Å². The SMILES string of the molecule is CC(C)(C)OC(=O)N[C@H]1CCCCC/C=C\[C@@H]2C[C@@]2(C(=O)O)NC(=O)[C@@H]2C[C@@H](Oc3nc(-c4ccccn4)nc4ccsc34)CN2C1=O. The molecule has 0 radical (unpaired) electrons. The van der Waals surface area contributed by atoms with E-state index in [0.717, 1.165) is 19.3 Å². The molecule has 1 saturated heterocycles. The predicted octanol–water partition coefficient (Wildman–Crippen LogP) is 4.47. The van der Waals surface area contributed by atoms with E-state index in [9.17, 15) is 24.3 Å². The van der Waals surface area contributed by atoms with Crippen LogP contribution in [0.5, 0.6) is 5.88 Å². The van der Waals surface area contributed by atoms with E-state index in [1.165, 1.54) is 16.2 Å². The minimum absolute atomic E-state index is 0.0165. The number of pyridine rings is 1. The molecule has 3 aromatic heterocycles. The first-order valence-corrected chi connectivity index (χ1v) is 17.2. The highest BCUT2D eigenvalue weighted by molar-refractivity contribution is 7.17. The molecule has 0 spiro atoms. The van der Waals surface area contributed by atoms with Crippen molar-refractivity contribution in [1.29, 1.82) is 0 Å². The van der Waals surface area contributed by atoms with Gasteiger partial charge < -0.3 is 30.1 Å². The number of nitrogens with one attached hydrogen (secondary N) is 2. The van der Waals surface area contributed by atoms with E-state index in [1.807, 2.05) is 29.7 Å². The van der Waals surface area contributed by atoms with E-state index in [-0.39, 0.29) is 25.3 Å². The number of carbonyl (C=O) groups is 4. The molecule has 3 aliphatic rings. The first-order valence-electron chi connectivity index (χ1n) is 16.3. The lowest BCUT2D eigenvalue weighted by molar-refractivity contribution is -0.145. The van der Waals surface area contributed by atoms with Crippen LogP contribution in [0, 0.1) is 5.92 Å². The molecule has 6 rings (SSSR count). The van der Waals surface area contributed by atoms with Crippen LogP contribution in [0.4, 0.5) is 4.79 Å². The van der Waals surface area contributed by atoms with Gasteiger partial charge in [-0.2, -0.15) is 4.98 Å². The molecule has 2 aliphatic heterocycles. The largest absolute Gasteiger partial charge is 0.479 e. The summed E-state index contributed by atoms with van der Waals surface area (Å²) in [6, 6.07) is 5.27. The molecule has 13 nitrogen and oxygen atoms in total. The normalized spacial score (nSPS) is 27.1. The topological polar surface area (TPSA) is 173 Å². The van der Waals surface area contributed by atoms with Crippen LogP contribution in [-0.2, 0) is 19.1 Å². The van der Waals surface area contributed by atoms with Crippen molar-refractivity contribution < 1.29 is 33.8 Å². The summed E-state index contributed by atoms with van der Waals surface area (Å²) in [6.45, 7) is 5.23. The fourth-order valence-electron chi connectivity index (χ4n) is 6.28. The Morgan fingerprint density at radius 1 is 1.15 bits per heavy atom. The first kappa shape index (κ1) is 33.3. The highest BCUT2D eigenvalue weighted by Gasteiger charge is 2.61. The van der Waals surface area contributed by atoms with Crippen molar-refractivity contribution in [3.63, 3.8) is 0 Å². The summed E-state index contributed by atoms with van der Waals surface area (Å²) < 4.78 is 12.6. The molecule has 3 N–H and O–H groups in total. The number of carboxylic acid groups (broad SMARTS) is 1. The van der Waals surface area contributed by atoms with Gasteiger partial charge >= 0.3 is 12.1 Å². The van der Waals surface area contributed by atoms with Gasteiger partial charge in [-0.3, -0.25) is 14.6 Å². The number of aromatic nitrogens is 3. The summed E-state index contributed by atoms with van der Waals surface area (Å²) in [5.74, 6) is -1.84. The van der Waals surface area contributed by atoms with Crippen LogP contribution in [0.3, 0.4) is 0 Å². The van der Waals surface area contributed by atoms with Crippen LogP contribution >= 0.6 is 11.3 Å². The number of rotatable bonds is 5. The van der Waals surface area contributed by atoms with Crippen molar-refractivity contribution in [3.05, 3.63) is 48.0 Å². The van der Waals surface area contributed by atoms with Gasteiger partial charge in [-0.05, 0) is 70.0 Å². The maximum Gasteiger partial charge on any atom is 0.408 e. The summed E-state index contributed by atoms with van der Waals surface area (Å²) in [4.78, 5) is 68.6. The zero-order valence-electron chi connectivity index (χ0n) is 27.2. The number of nitrogens with zero attached hydrogens (tertiary/aromatic N) is 4. The summed E-state index contributed by atoms with van der Waals surface area (Å²) in [5, 5.41) is 17.5. The summed E-state index contributed by atoms with van der Waals surface area (Å²) in [6.07, 6.45) is 7.80. The maximum atomic E-state index is 14.3. The number of alkyl carbamates (subject to hydrolysis) is 1. The quantitative estimate of drug-likeness (QED) is 0.327. The van der Waals surface area contributed by atoms with Gasteiger partial charge in [0, 0.05) is 18.5 Å². The molecule has 0 aromatic carbocycles. The van der Waals surface area contributed by atoms with Gasteiger partial charge in [-0.15, -0.1) is 11.3 Å². The Hall–Kier alpha value is -4.59. The Morgan fingerprint density at radius 2 is 1.98 bits per heavy atom. The Bertz CT molecular complexity index is 1720. The number of amides is 3. The smallest absolute Gasteiger partial charge is 0.408 e. The van der Waals surface area contributed by atoms with Crippen LogP contribution in [0.25, 0.3) is 21.7 Å². The first-order chi connectivity index (χ1) is 22.9. The molecule has 1 aliphatic carbocycles. The molecule has 0 bridgehead atoms. The lowest BCUT2D eigenvalue weighted by Crippen LogP contribution is -2.56. The van der Waals surface area contributed by atoms with Crippen molar-refractivity contribution >= 4 is 45.4 Å². The molecule has 3 amide bonds. The summed E-state index contributed by atoms with van der Waals surface area (Å²) in [7, 11) is 0. The van der Waals surface area contributed by atoms with Gasteiger partial charge in [0.1, 0.15) is 39.7 Å².